The van der Waals surface area contributed by atoms with Crippen LogP contribution < -0.4 is 19.1 Å². The van der Waals surface area contributed by atoms with Crippen LogP contribution in [0.1, 0.15) is 31.4 Å². The number of hydrogen-bond acceptors (Lipinski definition) is 6. The zero-order chi connectivity index (χ0) is 33.1. The van der Waals surface area contributed by atoms with Crippen LogP contribution >= 0.6 is 0 Å². The van der Waals surface area contributed by atoms with Gasteiger partial charge >= 0.3 is 0 Å². The number of anilines is 1. The highest BCUT2D eigenvalue weighted by Gasteiger charge is 2.35. The molecule has 10 heteroatoms. The minimum absolute atomic E-state index is 0.0162. The van der Waals surface area contributed by atoms with Crippen LogP contribution in [0.25, 0.3) is 0 Å². The Morgan fingerprint density at radius 3 is 1.91 bits per heavy atom. The first-order valence-electron chi connectivity index (χ1n) is 15.1. The summed E-state index contributed by atoms with van der Waals surface area (Å²) in [5, 5.41) is 3.04. The summed E-state index contributed by atoms with van der Waals surface area (Å²) in [5.74, 6) is -0.147. The van der Waals surface area contributed by atoms with Gasteiger partial charge in [-0.1, -0.05) is 85.8 Å². The van der Waals surface area contributed by atoms with Crippen molar-refractivity contribution in [3.63, 3.8) is 0 Å². The highest BCUT2D eigenvalue weighted by Crippen LogP contribution is 2.34. The summed E-state index contributed by atoms with van der Waals surface area (Å²) in [5.41, 5.74) is 1.87. The van der Waals surface area contributed by atoms with Gasteiger partial charge in [0.25, 0.3) is 10.0 Å². The molecule has 0 aliphatic rings. The average Bonchev–Trinajstić information content (AvgIpc) is 3.09. The predicted octanol–water partition coefficient (Wildman–Crippen LogP) is 5.45. The third kappa shape index (κ3) is 8.45. The Morgan fingerprint density at radius 2 is 1.35 bits per heavy atom. The molecule has 0 heterocycles. The number of hydrogen-bond donors (Lipinski definition) is 1. The molecular weight excluding hydrogens is 602 g/mol. The fraction of sp³-hybridized carbons (Fsp3) is 0.278. The largest absolute Gasteiger partial charge is 0.493 e. The van der Waals surface area contributed by atoms with Crippen molar-refractivity contribution in [3.05, 3.63) is 120 Å². The van der Waals surface area contributed by atoms with Crippen LogP contribution in [0.5, 0.6) is 11.5 Å². The molecule has 4 aromatic rings. The van der Waals surface area contributed by atoms with Crippen molar-refractivity contribution < 1.29 is 27.5 Å². The first-order chi connectivity index (χ1) is 22.2. The molecule has 0 aromatic heterocycles. The van der Waals surface area contributed by atoms with Crippen molar-refractivity contribution in [2.75, 3.05) is 25.1 Å². The van der Waals surface area contributed by atoms with Crippen LogP contribution in [-0.2, 0) is 32.6 Å². The van der Waals surface area contributed by atoms with Crippen molar-refractivity contribution in [1.82, 2.24) is 10.2 Å². The van der Waals surface area contributed by atoms with Gasteiger partial charge in [-0.05, 0) is 48.7 Å². The second-order valence-corrected chi connectivity index (χ2v) is 12.8. The lowest BCUT2D eigenvalue weighted by atomic mass is 10.0. The second-order valence-electron chi connectivity index (χ2n) is 10.9. The maximum Gasteiger partial charge on any atom is 0.264 e. The summed E-state index contributed by atoms with van der Waals surface area (Å²) in [6, 6.07) is 30.4. The van der Waals surface area contributed by atoms with E-state index in [1.807, 2.05) is 74.5 Å². The fourth-order valence-corrected chi connectivity index (χ4v) is 6.43. The number of sulfonamides is 1. The van der Waals surface area contributed by atoms with E-state index in [4.69, 9.17) is 9.47 Å². The van der Waals surface area contributed by atoms with Gasteiger partial charge in [-0.2, -0.15) is 0 Å². The monoisotopic (exact) mass is 643 g/mol. The molecular formula is C36H41N3O6S. The van der Waals surface area contributed by atoms with Crippen LogP contribution in [0.3, 0.4) is 0 Å². The van der Waals surface area contributed by atoms with Crippen LogP contribution in [0, 0.1) is 0 Å². The molecule has 0 radical (unpaired) electrons. The zero-order valence-electron chi connectivity index (χ0n) is 26.6. The molecule has 0 spiro atoms. The Kier molecular flexibility index (Phi) is 11.8. The van der Waals surface area contributed by atoms with Crippen LogP contribution in [0.4, 0.5) is 5.69 Å². The van der Waals surface area contributed by atoms with Crippen LogP contribution in [0.15, 0.2) is 114 Å². The van der Waals surface area contributed by atoms with E-state index >= 15 is 0 Å². The van der Waals surface area contributed by atoms with E-state index in [0.29, 0.717) is 17.9 Å². The number of ether oxygens (including phenoxy) is 2. The van der Waals surface area contributed by atoms with E-state index in [9.17, 15) is 18.0 Å². The van der Waals surface area contributed by atoms with E-state index in [1.54, 1.807) is 30.3 Å². The molecule has 0 saturated carbocycles. The quantitative estimate of drug-likeness (QED) is 0.185. The Morgan fingerprint density at radius 1 is 0.783 bits per heavy atom. The minimum Gasteiger partial charge on any atom is -0.493 e. The number of rotatable bonds is 15. The summed E-state index contributed by atoms with van der Waals surface area (Å²) >= 11 is 0. The number of nitrogens with zero attached hydrogens (tertiary/aromatic N) is 2. The molecule has 2 atom stereocenters. The molecule has 9 nitrogen and oxygen atoms in total. The van der Waals surface area contributed by atoms with Crippen LogP contribution in [-0.4, -0.2) is 58.0 Å². The topological polar surface area (TPSA) is 105 Å². The van der Waals surface area contributed by atoms with Crippen molar-refractivity contribution >= 4 is 27.5 Å². The lowest BCUT2D eigenvalue weighted by Crippen LogP contribution is -2.54. The van der Waals surface area contributed by atoms with Crippen LogP contribution in [0.2, 0.25) is 0 Å². The maximum absolute atomic E-state index is 14.6. The predicted molar refractivity (Wildman–Crippen MR) is 179 cm³/mol. The third-order valence-electron chi connectivity index (χ3n) is 7.73. The smallest absolute Gasteiger partial charge is 0.264 e. The van der Waals surface area contributed by atoms with Gasteiger partial charge in [-0.15, -0.1) is 0 Å². The number of amides is 2. The molecule has 0 aliphatic heterocycles. The van der Waals surface area contributed by atoms with E-state index < -0.39 is 28.5 Å². The Labute approximate surface area is 271 Å². The van der Waals surface area contributed by atoms with Gasteiger partial charge in [0.1, 0.15) is 12.6 Å². The SMILES string of the molecule is CC[C@H](C)NC(=O)[C@H](Cc1ccccc1)N(Cc1ccccc1)C(=O)CN(c1ccc(OC)c(OC)c1)S(=O)(=O)c1ccccc1. The molecule has 1 N–H and O–H groups in total. The minimum atomic E-state index is -4.24. The summed E-state index contributed by atoms with van der Waals surface area (Å²) in [4.78, 5) is 30.0. The Hall–Kier alpha value is -4.83. The van der Waals surface area contributed by atoms with Crippen molar-refractivity contribution in [2.45, 2.75) is 50.2 Å². The molecule has 0 unspecified atom stereocenters. The second kappa shape index (κ2) is 15.9. The number of carbonyl (C=O) groups is 2. The van der Waals surface area contributed by atoms with Gasteiger partial charge in [-0.3, -0.25) is 13.9 Å². The Bertz CT molecular complexity index is 1690. The Balaban J connectivity index is 1.82. The first-order valence-corrected chi connectivity index (χ1v) is 16.6. The molecule has 0 aliphatic carbocycles. The van der Waals surface area contributed by atoms with Crippen molar-refractivity contribution in [1.29, 1.82) is 0 Å². The number of nitrogens with one attached hydrogen (secondary N) is 1. The lowest BCUT2D eigenvalue weighted by Gasteiger charge is -2.34. The highest BCUT2D eigenvalue weighted by atomic mass is 32.2. The summed E-state index contributed by atoms with van der Waals surface area (Å²) in [7, 11) is -1.30. The molecule has 242 valence electrons. The normalized spacial score (nSPS) is 12.4. The van der Waals surface area contributed by atoms with Gasteiger partial charge in [0.2, 0.25) is 11.8 Å². The van der Waals surface area contributed by atoms with Gasteiger partial charge in [0.05, 0.1) is 24.8 Å². The van der Waals surface area contributed by atoms with Crippen molar-refractivity contribution in [3.8, 4) is 11.5 Å². The summed E-state index contributed by atoms with van der Waals surface area (Å²) in [6.45, 7) is 3.41. The molecule has 46 heavy (non-hydrogen) atoms. The van der Waals surface area contributed by atoms with Crippen molar-refractivity contribution in [2.24, 2.45) is 0 Å². The number of methoxy groups -OCH3 is 2. The molecule has 4 aromatic carbocycles. The summed E-state index contributed by atoms with van der Waals surface area (Å²) in [6.07, 6.45) is 0.947. The van der Waals surface area contributed by atoms with Gasteiger partial charge < -0.3 is 19.7 Å². The summed E-state index contributed by atoms with van der Waals surface area (Å²) < 4.78 is 40.3. The van der Waals surface area contributed by atoms with E-state index in [2.05, 4.69) is 5.32 Å². The third-order valence-corrected chi connectivity index (χ3v) is 9.52. The molecule has 2 amide bonds. The number of carbonyl (C=O) groups excluding carboxylic acids is 2. The standard InChI is InChI=1S/C36H41N3O6S/c1-5-27(2)37-36(41)32(23-28-15-9-6-10-16-28)38(25-29-17-11-7-12-18-29)35(40)26-39(46(42,43)31-19-13-8-14-20-31)30-21-22-33(44-3)34(24-30)45-4/h6-22,24,27,32H,5,23,25-26H2,1-4H3,(H,37,41)/t27-,32-/m0/s1. The molecule has 0 saturated heterocycles. The van der Waals surface area contributed by atoms with Gasteiger partial charge in [0, 0.05) is 25.1 Å². The van der Waals surface area contributed by atoms with E-state index in [0.717, 1.165) is 15.4 Å². The first kappa shape index (κ1) is 34.1. The zero-order valence-corrected chi connectivity index (χ0v) is 27.4. The highest BCUT2D eigenvalue weighted by molar-refractivity contribution is 7.92. The van der Waals surface area contributed by atoms with Gasteiger partial charge in [-0.25, -0.2) is 8.42 Å². The van der Waals surface area contributed by atoms with Gasteiger partial charge in [0.15, 0.2) is 11.5 Å². The number of benzene rings is 4. The molecule has 4 rings (SSSR count). The fourth-order valence-electron chi connectivity index (χ4n) is 5.00. The van der Waals surface area contributed by atoms with E-state index in [1.165, 1.54) is 37.3 Å². The molecule has 0 fully saturated rings. The molecule has 0 bridgehead atoms. The maximum atomic E-state index is 14.6. The average molecular weight is 644 g/mol. The van der Waals surface area contributed by atoms with E-state index in [-0.39, 0.29) is 35.5 Å². The lowest BCUT2D eigenvalue weighted by molar-refractivity contribution is -0.140.